The molecule has 5 nitrogen and oxygen atoms in total. The van der Waals surface area contributed by atoms with E-state index in [1.807, 2.05) is 30.3 Å². The molecule has 1 aromatic carbocycles. The first-order chi connectivity index (χ1) is 9.70. The summed E-state index contributed by atoms with van der Waals surface area (Å²) in [6.07, 6.45) is 0.118. The molecule has 2 aromatic rings. The Morgan fingerprint density at radius 2 is 1.95 bits per heavy atom. The number of rotatable bonds is 5. The molecule has 102 valence electrons. The van der Waals surface area contributed by atoms with E-state index in [9.17, 15) is 10.2 Å². The molecule has 1 aromatic heterocycles. The van der Waals surface area contributed by atoms with Gasteiger partial charge in [0.25, 0.3) is 0 Å². The maximum absolute atomic E-state index is 9.73. The van der Waals surface area contributed by atoms with Crippen molar-refractivity contribution in [1.82, 2.24) is 4.98 Å². The number of pyridine rings is 1. The summed E-state index contributed by atoms with van der Waals surface area (Å²) in [6, 6.07) is 12.8. The number of aliphatic hydroxyl groups excluding tert-OH is 2. The molecule has 0 saturated heterocycles. The summed E-state index contributed by atoms with van der Waals surface area (Å²) in [5.74, 6) is 0.468. The Balaban J connectivity index is 2.05. The Morgan fingerprint density at radius 3 is 2.65 bits per heavy atom. The van der Waals surface area contributed by atoms with Crippen LogP contribution >= 0.6 is 0 Å². The molecule has 2 rings (SSSR count). The van der Waals surface area contributed by atoms with Crippen LogP contribution in [0.3, 0.4) is 0 Å². The fraction of sp³-hybridized carbons (Fsp3) is 0.200. The molecule has 0 fully saturated rings. The van der Waals surface area contributed by atoms with Gasteiger partial charge in [-0.3, -0.25) is 4.98 Å². The van der Waals surface area contributed by atoms with Gasteiger partial charge in [0.15, 0.2) is 6.10 Å². The first-order valence-electron chi connectivity index (χ1n) is 6.08. The highest BCUT2D eigenvalue weighted by molar-refractivity contribution is 5.27. The first-order valence-corrected chi connectivity index (χ1v) is 6.08. The van der Waals surface area contributed by atoms with Crippen LogP contribution in [-0.4, -0.2) is 21.3 Å². The van der Waals surface area contributed by atoms with Gasteiger partial charge in [0.05, 0.1) is 12.3 Å². The second kappa shape index (κ2) is 6.66. The number of nitrogens with zero attached hydrogens (tertiary/aromatic N) is 2. The van der Waals surface area contributed by atoms with Crippen LogP contribution in [-0.2, 0) is 6.61 Å². The zero-order valence-corrected chi connectivity index (χ0v) is 10.7. The molecule has 2 unspecified atom stereocenters. The standard InChI is InChI=1S/C15H14N2O3/c16-7-14(18)15(19)12-6-13(9-17-8-12)20-10-11-4-2-1-3-5-11/h1-6,8-9,14-15,18-19H,10H2. The third kappa shape index (κ3) is 3.54. The van der Waals surface area contributed by atoms with E-state index in [1.165, 1.54) is 12.4 Å². The molecule has 0 aliphatic heterocycles. The van der Waals surface area contributed by atoms with Crippen LogP contribution in [0.25, 0.3) is 0 Å². The largest absolute Gasteiger partial charge is 0.487 e. The number of aromatic nitrogens is 1. The van der Waals surface area contributed by atoms with E-state index in [0.29, 0.717) is 17.9 Å². The van der Waals surface area contributed by atoms with Crippen LogP contribution in [0, 0.1) is 11.3 Å². The van der Waals surface area contributed by atoms with E-state index in [1.54, 1.807) is 12.1 Å². The molecular weight excluding hydrogens is 256 g/mol. The first kappa shape index (κ1) is 14.0. The predicted octanol–water partition coefficient (Wildman–Crippen LogP) is 1.58. The van der Waals surface area contributed by atoms with Gasteiger partial charge < -0.3 is 14.9 Å². The zero-order chi connectivity index (χ0) is 14.4. The van der Waals surface area contributed by atoms with Gasteiger partial charge in [0, 0.05) is 11.8 Å². The molecule has 5 heteroatoms. The third-order valence-corrected chi connectivity index (χ3v) is 2.76. The van der Waals surface area contributed by atoms with Crippen LogP contribution < -0.4 is 4.74 Å². The van der Waals surface area contributed by atoms with E-state index in [2.05, 4.69) is 4.98 Å². The van der Waals surface area contributed by atoms with E-state index < -0.39 is 12.2 Å². The van der Waals surface area contributed by atoms with E-state index in [0.717, 1.165) is 5.56 Å². The van der Waals surface area contributed by atoms with E-state index in [4.69, 9.17) is 10.00 Å². The SMILES string of the molecule is N#CC(O)C(O)c1cncc(OCc2ccccc2)c1. The highest BCUT2D eigenvalue weighted by atomic mass is 16.5. The Labute approximate surface area is 116 Å². The minimum absolute atomic E-state index is 0.338. The van der Waals surface area contributed by atoms with Crippen molar-refractivity contribution in [3.8, 4) is 11.8 Å². The maximum atomic E-state index is 9.73. The molecule has 0 amide bonds. The molecule has 0 spiro atoms. The fourth-order valence-electron chi connectivity index (χ4n) is 1.67. The summed E-state index contributed by atoms with van der Waals surface area (Å²) in [5.41, 5.74) is 1.35. The molecule has 20 heavy (non-hydrogen) atoms. The smallest absolute Gasteiger partial charge is 0.170 e. The second-order valence-electron chi connectivity index (χ2n) is 4.25. The monoisotopic (exact) mass is 270 g/mol. The van der Waals surface area contributed by atoms with Crippen molar-refractivity contribution in [3.63, 3.8) is 0 Å². The molecule has 1 heterocycles. The van der Waals surface area contributed by atoms with Gasteiger partial charge in [-0.15, -0.1) is 0 Å². The number of ether oxygens (including phenoxy) is 1. The lowest BCUT2D eigenvalue weighted by Gasteiger charge is -2.13. The summed E-state index contributed by atoms with van der Waals surface area (Å²) in [7, 11) is 0. The summed E-state index contributed by atoms with van der Waals surface area (Å²) in [6.45, 7) is 0.378. The zero-order valence-electron chi connectivity index (χ0n) is 10.7. The van der Waals surface area contributed by atoms with Gasteiger partial charge in [0.1, 0.15) is 18.5 Å². The quantitative estimate of drug-likeness (QED) is 0.805. The summed E-state index contributed by atoms with van der Waals surface area (Å²) >= 11 is 0. The molecule has 0 saturated carbocycles. The number of aliphatic hydroxyl groups is 2. The number of hydrogen-bond donors (Lipinski definition) is 2. The molecule has 0 bridgehead atoms. The normalized spacial score (nSPS) is 13.2. The van der Waals surface area contributed by atoms with E-state index in [-0.39, 0.29) is 0 Å². The van der Waals surface area contributed by atoms with Gasteiger partial charge in [-0.2, -0.15) is 5.26 Å². The summed E-state index contributed by atoms with van der Waals surface area (Å²) in [4.78, 5) is 3.93. The van der Waals surface area contributed by atoms with Gasteiger partial charge >= 0.3 is 0 Å². The van der Waals surface area contributed by atoms with Crippen molar-refractivity contribution in [2.24, 2.45) is 0 Å². The van der Waals surface area contributed by atoms with Crippen molar-refractivity contribution in [3.05, 3.63) is 59.9 Å². The van der Waals surface area contributed by atoms with Crippen molar-refractivity contribution in [2.45, 2.75) is 18.8 Å². The van der Waals surface area contributed by atoms with Crippen LogP contribution in [0.5, 0.6) is 5.75 Å². The van der Waals surface area contributed by atoms with Crippen LogP contribution in [0.2, 0.25) is 0 Å². The van der Waals surface area contributed by atoms with Crippen molar-refractivity contribution < 1.29 is 14.9 Å². The molecule has 0 radical (unpaired) electrons. The molecule has 2 atom stereocenters. The fourth-order valence-corrected chi connectivity index (χ4v) is 1.67. The minimum Gasteiger partial charge on any atom is -0.487 e. The lowest BCUT2D eigenvalue weighted by molar-refractivity contribution is 0.0523. The van der Waals surface area contributed by atoms with Crippen LogP contribution in [0.1, 0.15) is 17.2 Å². The lowest BCUT2D eigenvalue weighted by Crippen LogP contribution is -2.16. The second-order valence-corrected chi connectivity index (χ2v) is 4.25. The predicted molar refractivity (Wildman–Crippen MR) is 71.6 cm³/mol. The topological polar surface area (TPSA) is 86.4 Å². The number of hydrogen-bond acceptors (Lipinski definition) is 5. The molecule has 0 aliphatic rings. The van der Waals surface area contributed by atoms with E-state index >= 15 is 0 Å². The van der Waals surface area contributed by atoms with Gasteiger partial charge in [-0.25, -0.2) is 0 Å². The lowest BCUT2D eigenvalue weighted by atomic mass is 10.1. The van der Waals surface area contributed by atoms with Crippen molar-refractivity contribution >= 4 is 0 Å². The third-order valence-electron chi connectivity index (χ3n) is 2.76. The minimum atomic E-state index is -1.49. The maximum Gasteiger partial charge on any atom is 0.170 e. The van der Waals surface area contributed by atoms with Gasteiger partial charge in [0.2, 0.25) is 0 Å². The van der Waals surface area contributed by atoms with Crippen molar-refractivity contribution in [1.29, 1.82) is 5.26 Å². The van der Waals surface area contributed by atoms with Gasteiger partial charge in [-0.05, 0) is 11.6 Å². The van der Waals surface area contributed by atoms with Crippen molar-refractivity contribution in [2.75, 3.05) is 0 Å². The Bertz CT molecular complexity index is 596. The Kier molecular flexibility index (Phi) is 4.66. The Morgan fingerprint density at radius 1 is 1.20 bits per heavy atom. The molecule has 0 aliphatic carbocycles. The highest BCUT2D eigenvalue weighted by Crippen LogP contribution is 2.21. The van der Waals surface area contributed by atoms with Crippen LogP contribution in [0.15, 0.2) is 48.8 Å². The number of nitriles is 1. The molecule has 2 N–H and O–H groups in total. The average molecular weight is 270 g/mol. The number of benzene rings is 1. The Hall–Kier alpha value is -2.42. The van der Waals surface area contributed by atoms with Gasteiger partial charge in [-0.1, -0.05) is 30.3 Å². The summed E-state index contributed by atoms with van der Waals surface area (Å²) < 4.78 is 5.56. The molecular formula is C15H14N2O3. The highest BCUT2D eigenvalue weighted by Gasteiger charge is 2.18. The summed E-state index contributed by atoms with van der Waals surface area (Å²) in [5, 5.41) is 27.6. The van der Waals surface area contributed by atoms with Crippen LogP contribution in [0.4, 0.5) is 0 Å². The average Bonchev–Trinajstić information content (AvgIpc) is 2.52.